The van der Waals surface area contributed by atoms with E-state index in [-0.39, 0.29) is 23.8 Å². The largest absolute Gasteiger partial charge is 0.493 e. The van der Waals surface area contributed by atoms with Crippen LogP contribution in [0.2, 0.25) is 5.02 Å². The topological polar surface area (TPSA) is 70.1 Å². The van der Waals surface area contributed by atoms with Crippen LogP contribution < -0.4 is 4.74 Å². The highest BCUT2D eigenvalue weighted by Gasteiger charge is 2.43. The number of carbonyl (C=O) groups excluding carboxylic acids is 2. The van der Waals surface area contributed by atoms with Gasteiger partial charge in [-0.25, -0.2) is 0 Å². The summed E-state index contributed by atoms with van der Waals surface area (Å²) in [7, 11) is 0. The fraction of sp³-hybridized carbons (Fsp3) is 0.680. The first-order valence-electron chi connectivity index (χ1n) is 11.9. The van der Waals surface area contributed by atoms with Crippen LogP contribution in [0.1, 0.15) is 56.1 Å². The molecular weight excluding hydrogens is 428 g/mol. The second-order valence-electron chi connectivity index (χ2n) is 10.1. The third kappa shape index (κ3) is 5.40. The van der Waals surface area contributed by atoms with Crippen molar-refractivity contribution < 1.29 is 19.4 Å². The summed E-state index contributed by atoms with van der Waals surface area (Å²) in [5, 5.41) is 10.5. The molecule has 176 valence electrons. The van der Waals surface area contributed by atoms with Crippen LogP contribution in [0.3, 0.4) is 0 Å². The predicted octanol–water partition coefficient (Wildman–Crippen LogP) is 3.73. The highest BCUT2D eigenvalue weighted by Crippen LogP contribution is 2.39. The van der Waals surface area contributed by atoms with E-state index in [1.807, 2.05) is 35.8 Å². The molecule has 32 heavy (non-hydrogen) atoms. The van der Waals surface area contributed by atoms with Gasteiger partial charge in [0.15, 0.2) is 0 Å². The van der Waals surface area contributed by atoms with Crippen LogP contribution >= 0.6 is 11.6 Å². The highest BCUT2D eigenvalue weighted by molar-refractivity contribution is 6.32. The number of hydrogen-bond acceptors (Lipinski definition) is 4. The van der Waals surface area contributed by atoms with Gasteiger partial charge in [-0.15, -0.1) is 0 Å². The predicted molar refractivity (Wildman–Crippen MR) is 124 cm³/mol. The zero-order chi connectivity index (χ0) is 22.9. The van der Waals surface area contributed by atoms with E-state index in [9.17, 15) is 14.7 Å². The van der Waals surface area contributed by atoms with Gasteiger partial charge in [0.1, 0.15) is 5.75 Å². The Labute approximate surface area is 195 Å². The normalized spacial score (nSPS) is 24.5. The molecule has 6 nitrogen and oxygen atoms in total. The maximum absolute atomic E-state index is 13.2. The van der Waals surface area contributed by atoms with Crippen LogP contribution in [0.15, 0.2) is 12.1 Å². The second-order valence-corrected chi connectivity index (χ2v) is 10.5. The summed E-state index contributed by atoms with van der Waals surface area (Å²) in [4.78, 5) is 29.9. The van der Waals surface area contributed by atoms with Crippen LogP contribution in [-0.2, 0) is 9.59 Å². The highest BCUT2D eigenvalue weighted by atomic mass is 35.5. The molecule has 0 radical (unpaired) electrons. The van der Waals surface area contributed by atoms with Crippen molar-refractivity contribution in [1.29, 1.82) is 0 Å². The third-order valence-electron chi connectivity index (χ3n) is 7.20. The number of likely N-dealkylation sites (tertiary alicyclic amines) is 2. The van der Waals surface area contributed by atoms with E-state index in [2.05, 4.69) is 0 Å². The molecule has 2 heterocycles. The van der Waals surface area contributed by atoms with E-state index in [0.717, 1.165) is 54.1 Å². The number of aliphatic hydroxyl groups is 1. The van der Waals surface area contributed by atoms with Crippen molar-refractivity contribution in [3.05, 3.63) is 28.3 Å². The first-order valence-corrected chi connectivity index (χ1v) is 12.3. The molecule has 4 rings (SSSR count). The van der Waals surface area contributed by atoms with Crippen LogP contribution in [0.5, 0.6) is 5.75 Å². The molecule has 1 N–H and O–H groups in total. The minimum atomic E-state index is -0.405. The van der Waals surface area contributed by atoms with E-state index in [0.29, 0.717) is 45.5 Å². The van der Waals surface area contributed by atoms with Gasteiger partial charge in [-0.1, -0.05) is 11.6 Å². The van der Waals surface area contributed by atoms with E-state index >= 15 is 0 Å². The molecule has 3 aliphatic rings. The lowest BCUT2D eigenvalue weighted by Gasteiger charge is -2.43. The van der Waals surface area contributed by atoms with Gasteiger partial charge in [-0.3, -0.25) is 9.59 Å². The van der Waals surface area contributed by atoms with Gasteiger partial charge in [0.25, 0.3) is 0 Å². The summed E-state index contributed by atoms with van der Waals surface area (Å²) in [5.74, 6) is 1.26. The molecule has 1 aromatic rings. The lowest BCUT2D eigenvalue weighted by molar-refractivity contribution is -0.143. The van der Waals surface area contributed by atoms with E-state index in [1.165, 1.54) is 0 Å². The van der Waals surface area contributed by atoms with Gasteiger partial charge < -0.3 is 19.6 Å². The number of aliphatic hydroxyl groups excluding tert-OH is 1. The summed E-state index contributed by atoms with van der Waals surface area (Å²) < 4.78 is 6.27. The number of rotatable bonds is 6. The minimum Gasteiger partial charge on any atom is -0.493 e. The molecule has 0 spiro atoms. The van der Waals surface area contributed by atoms with E-state index in [1.54, 1.807) is 0 Å². The standard InChI is InChI=1S/C25H35ClN2O4/c1-17-12-21(13-18(2)23(17)26)32-16-25(14-22(30)27-10-6-20(29)7-11-27)8-3-9-28(15-25)24(31)19-4-5-19/h12-13,19-20,29H,3-11,14-16H2,1-2H3/t25-/m1/s1. The Bertz CT molecular complexity index is 840. The number of nitrogens with zero attached hydrogens (tertiary/aromatic N) is 2. The maximum Gasteiger partial charge on any atom is 0.225 e. The van der Waals surface area contributed by atoms with E-state index < -0.39 is 5.41 Å². The van der Waals surface area contributed by atoms with Crippen molar-refractivity contribution in [2.75, 3.05) is 32.8 Å². The summed E-state index contributed by atoms with van der Waals surface area (Å²) in [6, 6.07) is 3.87. The molecular formula is C25H35ClN2O4. The van der Waals surface area contributed by atoms with Crippen molar-refractivity contribution in [3.8, 4) is 5.75 Å². The molecule has 2 saturated heterocycles. The Hall–Kier alpha value is -1.79. The monoisotopic (exact) mass is 462 g/mol. The summed E-state index contributed by atoms with van der Waals surface area (Å²) >= 11 is 6.31. The molecule has 1 aliphatic carbocycles. The second kappa shape index (κ2) is 9.60. The van der Waals surface area contributed by atoms with Gasteiger partial charge in [0, 0.05) is 49.0 Å². The fourth-order valence-electron chi connectivity index (χ4n) is 5.07. The number of hydrogen-bond donors (Lipinski definition) is 1. The Kier molecular flexibility index (Phi) is 7.01. The van der Waals surface area contributed by atoms with Crippen molar-refractivity contribution in [2.45, 2.75) is 64.9 Å². The first-order chi connectivity index (χ1) is 15.3. The Morgan fingerprint density at radius 1 is 1.09 bits per heavy atom. The molecule has 0 bridgehead atoms. The quantitative estimate of drug-likeness (QED) is 0.699. The van der Waals surface area contributed by atoms with Crippen LogP contribution in [-0.4, -0.2) is 65.6 Å². The number of aryl methyl sites for hydroxylation is 2. The Morgan fingerprint density at radius 2 is 1.75 bits per heavy atom. The fourth-order valence-corrected chi connectivity index (χ4v) is 5.18. The number of carbonyl (C=O) groups is 2. The van der Waals surface area contributed by atoms with Crippen molar-refractivity contribution in [2.24, 2.45) is 11.3 Å². The molecule has 2 aliphatic heterocycles. The minimum absolute atomic E-state index is 0.102. The first kappa shape index (κ1) is 23.4. The Balaban J connectivity index is 1.50. The van der Waals surface area contributed by atoms with Crippen LogP contribution in [0.4, 0.5) is 0 Å². The summed E-state index contributed by atoms with van der Waals surface area (Å²) in [5.41, 5.74) is 1.53. The maximum atomic E-state index is 13.2. The molecule has 0 unspecified atom stereocenters. The zero-order valence-electron chi connectivity index (χ0n) is 19.2. The Morgan fingerprint density at radius 3 is 2.38 bits per heavy atom. The van der Waals surface area contributed by atoms with Crippen LogP contribution in [0, 0.1) is 25.2 Å². The van der Waals surface area contributed by atoms with Gasteiger partial charge in [-0.05, 0) is 75.6 Å². The SMILES string of the molecule is Cc1cc(OC[C@@]2(CC(=O)N3CCC(O)CC3)CCCN(C(=O)C3CC3)C2)cc(C)c1Cl. The van der Waals surface area contributed by atoms with Crippen molar-refractivity contribution in [1.82, 2.24) is 9.80 Å². The molecule has 1 aromatic carbocycles. The van der Waals surface area contributed by atoms with Crippen molar-refractivity contribution in [3.63, 3.8) is 0 Å². The molecule has 1 atom stereocenters. The lowest BCUT2D eigenvalue weighted by atomic mass is 9.77. The summed E-state index contributed by atoms with van der Waals surface area (Å²) in [6.07, 6.45) is 5.02. The molecule has 2 amide bonds. The molecule has 7 heteroatoms. The third-order valence-corrected chi connectivity index (χ3v) is 7.79. The van der Waals surface area contributed by atoms with Gasteiger partial charge in [0.05, 0.1) is 12.7 Å². The average Bonchev–Trinajstić information content (AvgIpc) is 3.61. The average molecular weight is 463 g/mol. The summed E-state index contributed by atoms with van der Waals surface area (Å²) in [6.45, 7) is 6.83. The zero-order valence-corrected chi connectivity index (χ0v) is 20.0. The van der Waals surface area contributed by atoms with Crippen molar-refractivity contribution >= 4 is 23.4 Å². The van der Waals surface area contributed by atoms with Gasteiger partial charge in [0.2, 0.25) is 11.8 Å². The molecule has 3 fully saturated rings. The number of amides is 2. The number of benzene rings is 1. The lowest BCUT2D eigenvalue weighted by Crippen LogP contribution is -2.52. The van der Waals surface area contributed by atoms with E-state index in [4.69, 9.17) is 16.3 Å². The number of piperidine rings is 2. The molecule has 1 saturated carbocycles. The molecule has 0 aromatic heterocycles. The number of halogens is 1. The number of ether oxygens (including phenoxy) is 1. The van der Waals surface area contributed by atoms with Crippen LogP contribution in [0.25, 0.3) is 0 Å². The van der Waals surface area contributed by atoms with Gasteiger partial charge >= 0.3 is 0 Å². The smallest absolute Gasteiger partial charge is 0.225 e. The van der Waals surface area contributed by atoms with Gasteiger partial charge in [-0.2, -0.15) is 0 Å².